The van der Waals surface area contributed by atoms with E-state index in [9.17, 15) is 37.6 Å². The molecule has 0 saturated carbocycles. The van der Waals surface area contributed by atoms with E-state index in [-0.39, 0.29) is 36.0 Å². The zero-order valence-corrected chi connectivity index (χ0v) is 42.3. The number of thiocarbonyl (C=S) groups is 1. The van der Waals surface area contributed by atoms with Crippen molar-refractivity contribution in [1.29, 1.82) is 5.26 Å². The van der Waals surface area contributed by atoms with Crippen LogP contribution in [-0.2, 0) is 41.4 Å². The van der Waals surface area contributed by atoms with Crippen LogP contribution < -0.4 is 25.2 Å². The number of hydrogen-bond donors (Lipinski definition) is 2. The SMILES string of the molecule is Cc1cc(OCCCCOCCCOCC(=O)N[C@H](C(=O)N2CCC[C@H]2C(=O)NCc2ccc(-c3scnc3C)cc2)C(C)(C)C)ncc1N1C(=S)N(c2ccc(C#N)c(C(F)(F)F)c2F)C(=O)C1(C)C. The van der Waals surface area contributed by atoms with Crippen LogP contribution in [0.4, 0.5) is 28.9 Å². The van der Waals surface area contributed by atoms with Crippen molar-refractivity contribution >= 4 is 63.7 Å². The predicted octanol–water partition coefficient (Wildman–Crippen LogP) is 8.19. The first-order chi connectivity index (χ1) is 33.6. The molecule has 15 nitrogen and oxygen atoms in total. The number of alkyl halides is 3. The van der Waals surface area contributed by atoms with Crippen molar-refractivity contribution in [1.82, 2.24) is 25.5 Å². The lowest BCUT2D eigenvalue weighted by molar-refractivity contribution is -0.144. The first-order valence-corrected chi connectivity index (χ1v) is 24.5. The van der Waals surface area contributed by atoms with Gasteiger partial charge in [-0.25, -0.2) is 14.4 Å². The summed E-state index contributed by atoms with van der Waals surface area (Å²) in [6.07, 6.45) is -0.756. The second-order valence-electron chi connectivity index (χ2n) is 18.9. The van der Waals surface area contributed by atoms with Gasteiger partial charge in [-0.3, -0.25) is 24.1 Å². The number of unbranched alkanes of at least 4 members (excludes halogenated alkanes) is 1. The Hall–Kier alpha value is -6.08. The highest BCUT2D eigenvalue weighted by Gasteiger charge is 2.52. The second-order valence-corrected chi connectivity index (χ2v) is 20.1. The van der Waals surface area contributed by atoms with Crippen molar-refractivity contribution in [3.8, 4) is 22.4 Å². The lowest BCUT2D eigenvalue weighted by atomic mass is 9.85. The first kappa shape index (κ1) is 54.3. The highest BCUT2D eigenvalue weighted by atomic mass is 32.1. The van der Waals surface area contributed by atoms with Crippen LogP contribution in [-0.4, -0.2) is 101 Å². The summed E-state index contributed by atoms with van der Waals surface area (Å²) in [6.45, 7) is 14.2. The minimum absolute atomic E-state index is 0.236. The minimum Gasteiger partial charge on any atom is -0.478 e. The number of likely N-dealkylation sites (tertiary alicyclic amines) is 1. The number of hydrogen-bond acceptors (Lipinski definition) is 12. The van der Waals surface area contributed by atoms with E-state index in [0.29, 0.717) is 81.2 Å². The van der Waals surface area contributed by atoms with E-state index in [2.05, 4.69) is 20.6 Å². The van der Waals surface area contributed by atoms with Crippen LogP contribution in [0.2, 0.25) is 0 Å². The molecule has 0 unspecified atom stereocenters. The number of aromatic nitrogens is 2. The molecule has 2 aliphatic heterocycles. The molecule has 2 atom stereocenters. The van der Waals surface area contributed by atoms with Gasteiger partial charge in [-0.05, 0) is 106 Å². The number of thiazole rings is 1. The van der Waals surface area contributed by atoms with Gasteiger partial charge in [0.25, 0.3) is 5.91 Å². The van der Waals surface area contributed by atoms with Crippen molar-refractivity contribution < 1.29 is 51.0 Å². The number of ether oxygens (including phenoxy) is 3. The highest BCUT2D eigenvalue weighted by molar-refractivity contribution is 7.81. The number of carbonyl (C=O) groups excluding carboxylic acids is 4. The molecule has 2 aromatic heterocycles. The molecule has 71 heavy (non-hydrogen) atoms. The van der Waals surface area contributed by atoms with Gasteiger partial charge in [0, 0.05) is 39.0 Å². The van der Waals surface area contributed by atoms with Crippen molar-refractivity contribution in [2.75, 3.05) is 49.4 Å². The fourth-order valence-corrected chi connectivity index (χ4v) is 9.67. The van der Waals surface area contributed by atoms with E-state index >= 15 is 4.39 Å². The maximum atomic E-state index is 15.4. The average molecular weight is 1020 g/mol. The Morgan fingerprint density at radius 3 is 2.32 bits per heavy atom. The fraction of sp³-hybridized carbons (Fsp3) is 0.480. The van der Waals surface area contributed by atoms with E-state index in [1.807, 2.05) is 57.5 Å². The molecule has 0 aliphatic carbocycles. The van der Waals surface area contributed by atoms with Crippen LogP contribution in [0.5, 0.6) is 5.88 Å². The summed E-state index contributed by atoms with van der Waals surface area (Å²) in [6, 6.07) is 11.1. The number of amides is 4. The number of nitriles is 1. The molecule has 21 heteroatoms. The van der Waals surface area contributed by atoms with E-state index in [1.165, 1.54) is 31.0 Å². The molecule has 4 aromatic rings. The lowest BCUT2D eigenvalue weighted by Gasteiger charge is -2.35. The number of anilines is 2. The quantitative estimate of drug-likeness (QED) is 0.0494. The maximum absolute atomic E-state index is 15.4. The monoisotopic (exact) mass is 1020 g/mol. The third kappa shape index (κ3) is 12.7. The molecule has 2 N–H and O–H groups in total. The number of carbonyl (C=O) groups is 4. The maximum Gasteiger partial charge on any atom is 0.420 e. The van der Waals surface area contributed by atoms with Gasteiger partial charge in [0.1, 0.15) is 29.8 Å². The summed E-state index contributed by atoms with van der Waals surface area (Å²) in [5.41, 5.74) is 0.214. The van der Waals surface area contributed by atoms with E-state index in [0.717, 1.165) is 33.8 Å². The minimum atomic E-state index is -5.20. The molecule has 4 heterocycles. The number of nitrogens with one attached hydrogen (secondary N) is 2. The Morgan fingerprint density at radius 1 is 0.986 bits per heavy atom. The summed E-state index contributed by atoms with van der Waals surface area (Å²) >= 11 is 7.12. The zero-order chi connectivity index (χ0) is 51.8. The molecule has 6 rings (SSSR count). The van der Waals surface area contributed by atoms with E-state index < -0.39 is 63.7 Å². The topological polar surface area (TPSA) is 179 Å². The Kier molecular flexibility index (Phi) is 17.6. The van der Waals surface area contributed by atoms with Gasteiger partial charge in [-0.15, -0.1) is 11.3 Å². The molecular weight excluding hydrogens is 965 g/mol. The van der Waals surface area contributed by atoms with Gasteiger partial charge in [-0.1, -0.05) is 45.0 Å². The number of rotatable bonds is 20. The Labute approximate surface area is 419 Å². The molecule has 0 bridgehead atoms. The molecule has 0 spiro atoms. The molecule has 2 aromatic carbocycles. The molecule has 4 amide bonds. The zero-order valence-electron chi connectivity index (χ0n) is 40.7. The smallest absolute Gasteiger partial charge is 0.420 e. The van der Waals surface area contributed by atoms with Crippen LogP contribution >= 0.6 is 23.6 Å². The van der Waals surface area contributed by atoms with Crippen LogP contribution in [0, 0.1) is 36.4 Å². The first-order valence-electron chi connectivity index (χ1n) is 23.2. The van der Waals surface area contributed by atoms with Crippen molar-refractivity contribution in [3.05, 3.63) is 87.9 Å². The van der Waals surface area contributed by atoms with Gasteiger partial charge in [0.05, 0.1) is 51.9 Å². The predicted molar refractivity (Wildman–Crippen MR) is 263 cm³/mol. The Bertz CT molecular complexity index is 2650. The number of pyridine rings is 1. The van der Waals surface area contributed by atoms with Crippen molar-refractivity contribution in [2.24, 2.45) is 5.41 Å². The number of halogens is 4. The van der Waals surface area contributed by atoms with Crippen LogP contribution in [0.15, 0.2) is 54.2 Å². The van der Waals surface area contributed by atoms with Crippen molar-refractivity contribution in [3.63, 3.8) is 0 Å². The summed E-state index contributed by atoms with van der Waals surface area (Å²) in [7, 11) is 0. The third-order valence-corrected chi connectivity index (χ3v) is 13.5. The number of benzene rings is 2. The van der Waals surface area contributed by atoms with E-state index in [1.54, 1.807) is 29.2 Å². The molecule has 0 radical (unpaired) electrons. The van der Waals surface area contributed by atoms with Gasteiger partial charge in [-0.2, -0.15) is 18.4 Å². The van der Waals surface area contributed by atoms with Gasteiger partial charge < -0.3 is 34.6 Å². The molecule has 380 valence electrons. The number of nitrogens with zero attached hydrogens (tertiary/aromatic N) is 6. The number of aryl methyl sites for hydroxylation is 2. The molecule has 2 fully saturated rings. The Balaban J connectivity index is 0.877. The Morgan fingerprint density at radius 2 is 1.68 bits per heavy atom. The summed E-state index contributed by atoms with van der Waals surface area (Å²) in [4.78, 5) is 67.3. The summed E-state index contributed by atoms with van der Waals surface area (Å²) in [5.74, 6) is -3.26. The van der Waals surface area contributed by atoms with Crippen LogP contribution in [0.25, 0.3) is 10.4 Å². The molecule has 2 aliphatic rings. The van der Waals surface area contributed by atoms with Crippen molar-refractivity contribution in [2.45, 2.75) is 111 Å². The summed E-state index contributed by atoms with van der Waals surface area (Å²) < 4.78 is 73.9. The molecular formula is C50H58F4N8O7S2. The molecule has 2 saturated heterocycles. The second kappa shape index (κ2) is 23.0. The van der Waals surface area contributed by atoms with Gasteiger partial charge in [0.15, 0.2) is 10.9 Å². The standard InChI is InChI=1S/C50H58F4N8O7S2/c1-30-24-39(56-27-37(30)62-47(70)61(46(66)49(62,6)7)35-18-17-34(25-55)40(41(35)51)50(52,53)54)69-23-9-8-20-67-21-11-22-68-28-38(63)59-43(48(3,4)5)45(65)60-19-10-12-36(60)44(64)57-26-32-13-15-33(16-14-32)42-31(2)58-29-71-42/h13-18,24,27,29,36,43H,8-12,19-23,26,28H2,1-7H3,(H,57,64)(H,59,63)/t36-,43+/m0/s1. The lowest BCUT2D eigenvalue weighted by Crippen LogP contribution is -2.58. The highest BCUT2D eigenvalue weighted by Crippen LogP contribution is 2.43. The third-order valence-electron chi connectivity index (χ3n) is 12.2. The normalized spacial score (nSPS) is 16.3. The summed E-state index contributed by atoms with van der Waals surface area (Å²) in [5, 5.41) is 14.8. The van der Waals surface area contributed by atoms with Crippen LogP contribution in [0.3, 0.4) is 0 Å². The largest absolute Gasteiger partial charge is 0.478 e. The van der Waals surface area contributed by atoms with E-state index in [4.69, 9.17) is 26.4 Å². The average Bonchev–Trinajstić information content (AvgIpc) is 4.02. The van der Waals surface area contributed by atoms with Gasteiger partial charge in [0.2, 0.25) is 23.6 Å². The van der Waals surface area contributed by atoms with Gasteiger partial charge >= 0.3 is 6.18 Å². The van der Waals surface area contributed by atoms with Crippen LogP contribution in [0.1, 0.15) is 94.7 Å². The fourth-order valence-electron chi connectivity index (χ4n) is 8.35.